The highest BCUT2D eigenvalue weighted by atomic mass is 28.4. The monoisotopic (exact) mass is 576 g/mol. The van der Waals surface area contributed by atoms with Gasteiger partial charge in [-0.25, -0.2) is 0 Å². The molecule has 0 aliphatic heterocycles. The number of carbonyl (C=O) groups excluding carboxylic acids is 1. The lowest BCUT2D eigenvalue weighted by Gasteiger charge is -2.40. The molecule has 6 nitrogen and oxygen atoms in total. The van der Waals surface area contributed by atoms with Crippen molar-refractivity contribution in [2.24, 2.45) is 0 Å². The summed E-state index contributed by atoms with van der Waals surface area (Å²) in [4.78, 5) is 12.8. The van der Waals surface area contributed by atoms with Crippen LogP contribution < -0.4 is 10.6 Å². The molecule has 7 heteroatoms. The van der Waals surface area contributed by atoms with Gasteiger partial charge in [0.15, 0.2) is 8.32 Å². The molecule has 0 radical (unpaired) electrons. The maximum Gasteiger partial charge on any atom is 0.227 e. The van der Waals surface area contributed by atoms with Gasteiger partial charge in [-0.1, -0.05) is 81.4 Å². The highest BCUT2D eigenvalue weighted by Crippen LogP contribution is 2.40. The fraction of sp³-hybridized carbons (Fsp3) is 0.441. The minimum absolute atomic E-state index is 0.0129. The Kier molecular flexibility index (Phi) is 11.3. The van der Waals surface area contributed by atoms with E-state index >= 15 is 0 Å². The van der Waals surface area contributed by atoms with Crippen LogP contribution in [0.25, 0.3) is 0 Å². The summed E-state index contributed by atoms with van der Waals surface area (Å²) in [6.07, 6.45) is 0.583. The number of nitrogens with one attached hydrogen (secondary N) is 2. The predicted octanol–water partition coefficient (Wildman–Crippen LogP) is 6.59. The highest BCUT2D eigenvalue weighted by Gasteiger charge is 2.39. The first-order chi connectivity index (χ1) is 19.3. The molecule has 0 aliphatic carbocycles. The number of amides is 1. The van der Waals surface area contributed by atoms with Gasteiger partial charge in [0, 0.05) is 24.7 Å². The summed E-state index contributed by atoms with van der Waals surface area (Å²) in [5, 5.41) is 26.6. The third-order valence-electron chi connectivity index (χ3n) is 8.24. The molecule has 41 heavy (non-hydrogen) atoms. The molecule has 0 saturated heterocycles. The van der Waals surface area contributed by atoms with Gasteiger partial charge in [0.1, 0.15) is 5.75 Å². The Morgan fingerprint density at radius 3 is 2.27 bits per heavy atom. The van der Waals surface area contributed by atoms with Crippen molar-refractivity contribution in [3.63, 3.8) is 0 Å². The molecule has 1 amide bonds. The molecule has 0 spiro atoms. The molecule has 3 aromatic rings. The van der Waals surface area contributed by atoms with Gasteiger partial charge in [-0.2, -0.15) is 0 Å². The van der Waals surface area contributed by atoms with E-state index in [9.17, 15) is 15.0 Å². The van der Waals surface area contributed by atoms with Crippen LogP contribution in [0.15, 0.2) is 72.8 Å². The maximum atomic E-state index is 12.8. The molecule has 4 N–H and O–H groups in total. The van der Waals surface area contributed by atoms with Crippen molar-refractivity contribution in [3.8, 4) is 5.75 Å². The minimum atomic E-state index is -2.10. The average Bonchev–Trinajstić information content (AvgIpc) is 2.94. The Morgan fingerprint density at radius 1 is 0.927 bits per heavy atom. The largest absolute Gasteiger partial charge is 0.508 e. The molecule has 0 heterocycles. The number of phenols is 1. The third-order valence-corrected chi connectivity index (χ3v) is 12.7. The van der Waals surface area contributed by atoms with Gasteiger partial charge in [0.2, 0.25) is 5.91 Å². The average molecular weight is 577 g/mol. The molecular formula is C34H48N2O4Si. The highest BCUT2D eigenvalue weighted by molar-refractivity contribution is 6.74. The molecule has 3 rings (SSSR count). The Labute approximate surface area is 247 Å². The van der Waals surface area contributed by atoms with Gasteiger partial charge in [0.25, 0.3) is 0 Å². The van der Waals surface area contributed by atoms with Crippen LogP contribution in [-0.2, 0) is 28.8 Å². The maximum absolute atomic E-state index is 12.8. The summed E-state index contributed by atoms with van der Waals surface area (Å²) in [5.74, 6) is -0.148. The van der Waals surface area contributed by atoms with E-state index in [1.54, 1.807) is 6.07 Å². The lowest BCUT2D eigenvalue weighted by atomic mass is 9.96. The first kappa shape index (κ1) is 32.5. The number of hydrogen-bond donors (Lipinski definition) is 4. The zero-order chi connectivity index (χ0) is 30.2. The van der Waals surface area contributed by atoms with E-state index in [2.05, 4.69) is 63.6 Å². The van der Waals surface area contributed by atoms with E-state index in [0.29, 0.717) is 18.7 Å². The fourth-order valence-electron chi connectivity index (χ4n) is 4.51. The van der Waals surface area contributed by atoms with Crippen LogP contribution >= 0.6 is 0 Å². The molecular weight excluding hydrogens is 528 g/mol. The summed E-state index contributed by atoms with van der Waals surface area (Å²) in [5.41, 5.74) is 4.68. The van der Waals surface area contributed by atoms with Crippen LogP contribution in [0.3, 0.4) is 0 Å². The topological polar surface area (TPSA) is 90.8 Å². The van der Waals surface area contributed by atoms with E-state index in [0.717, 1.165) is 23.1 Å². The summed E-state index contributed by atoms with van der Waals surface area (Å²) >= 11 is 0. The van der Waals surface area contributed by atoms with Crippen LogP contribution in [0.2, 0.25) is 18.1 Å². The van der Waals surface area contributed by atoms with Crippen LogP contribution in [0, 0.1) is 0 Å². The van der Waals surface area contributed by atoms with Gasteiger partial charge in [-0.05, 0) is 72.8 Å². The number of aromatic hydroxyl groups is 1. The minimum Gasteiger partial charge on any atom is -0.508 e. The summed E-state index contributed by atoms with van der Waals surface area (Å²) in [6.45, 7) is 16.1. The zero-order valence-corrected chi connectivity index (χ0v) is 26.7. The van der Waals surface area contributed by atoms with Gasteiger partial charge in [0.05, 0.1) is 18.6 Å². The number of aliphatic hydroxyl groups excluding tert-OH is 1. The van der Waals surface area contributed by atoms with E-state index in [-0.39, 0.29) is 41.4 Å². The van der Waals surface area contributed by atoms with E-state index in [1.807, 2.05) is 61.5 Å². The van der Waals surface area contributed by atoms with Gasteiger partial charge in [-0.3, -0.25) is 4.79 Å². The Hall–Kier alpha value is -2.97. The first-order valence-electron chi connectivity index (χ1n) is 14.5. The normalized spacial score (nSPS) is 14.3. The second kappa shape index (κ2) is 14.3. The summed E-state index contributed by atoms with van der Waals surface area (Å²) in [7, 11) is -2.10. The second-order valence-corrected chi connectivity index (χ2v) is 17.4. The molecule has 3 aromatic carbocycles. The van der Waals surface area contributed by atoms with Crippen molar-refractivity contribution in [2.45, 2.75) is 90.4 Å². The molecule has 0 fully saturated rings. The Bertz CT molecular complexity index is 1270. The van der Waals surface area contributed by atoms with Crippen LogP contribution in [0.4, 0.5) is 0 Å². The predicted molar refractivity (Wildman–Crippen MR) is 169 cm³/mol. The molecule has 0 bridgehead atoms. The van der Waals surface area contributed by atoms with Crippen molar-refractivity contribution in [1.29, 1.82) is 0 Å². The number of aliphatic hydroxyl groups is 1. The van der Waals surface area contributed by atoms with Crippen LogP contribution in [0.1, 0.15) is 74.5 Å². The zero-order valence-electron chi connectivity index (χ0n) is 25.7. The van der Waals surface area contributed by atoms with E-state index < -0.39 is 8.32 Å². The molecule has 0 aromatic heterocycles. The lowest BCUT2D eigenvalue weighted by molar-refractivity contribution is -0.122. The lowest BCUT2D eigenvalue weighted by Crippen LogP contribution is -2.44. The molecule has 0 aliphatic rings. The first-order valence-corrected chi connectivity index (χ1v) is 17.5. The number of carbonyl (C=O) groups is 1. The number of rotatable bonds is 13. The summed E-state index contributed by atoms with van der Waals surface area (Å²) < 4.78 is 6.83. The van der Waals surface area contributed by atoms with Crippen molar-refractivity contribution in [2.75, 3.05) is 6.54 Å². The SMILES string of the molecule is CC(C(=O)NCc1ccccc1)c1cccc(C[C@@H](C)NC[C@H](O[Si](C)(C)C(C)(C)C)c2ccc(O)c(CO)c2)c1. The standard InChI is InChI=1S/C34H48N2O4Si/c1-24(18-27-14-11-15-28(19-27)25(2)33(39)36-21-26-12-9-8-10-13-26)35-22-32(40-41(6,7)34(3,4)5)29-16-17-31(38)30(20-29)23-37/h8-17,19-20,24-25,32,35,37-38H,18,21-23H2,1-7H3,(H,36,39)/t24-,25?,32+/m1/s1. The van der Waals surface area contributed by atoms with Crippen molar-refractivity contribution in [1.82, 2.24) is 10.6 Å². The van der Waals surface area contributed by atoms with Crippen LogP contribution in [0.5, 0.6) is 5.75 Å². The summed E-state index contributed by atoms with van der Waals surface area (Å²) in [6, 6.07) is 23.7. The van der Waals surface area contributed by atoms with Crippen molar-refractivity contribution < 1.29 is 19.4 Å². The molecule has 0 saturated carbocycles. The fourth-order valence-corrected chi connectivity index (χ4v) is 5.79. The van der Waals surface area contributed by atoms with Gasteiger partial charge >= 0.3 is 0 Å². The second-order valence-electron chi connectivity index (χ2n) is 12.6. The smallest absolute Gasteiger partial charge is 0.227 e. The molecule has 3 atom stereocenters. The number of hydrogen-bond acceptors (Lipinski definition) is 5. The molecule has 222 valence electrons. The third kappa shape index (κ3) is 9.26. The Balaban J connectivity index is 1.66. The van der Waals surface area contributed by atoms with E-state index in [1.165, 1.54) is 5.56 Å². The Morgan fingerprint density at radius 2 is 1.61 bits per heavy atom. The van der Waals surface area contributed by atoms with Crippen molar-refractivity contribution >= 4 is 14.2 Å². The molecule has 1 unspecified atom stereocenters. The van der Waals surface area contributed by atoms with Gasteiger partial charge < -0.3 is 25.3 Å². The number of benzene rings is 3. The van der Waals surface area contributed by atoms with Crippen LogP contribution in [-0.4, -0.2) is 37.0 Å². The van der Waals surface area contributed by atoms with Crippen molar-refractivity contribution in [3.05, 3.63) is 101 Å². The van der Waals surface area contributed by atoms with Gasteiger partial charge in [-0.15, -0.1) is 0 Å². The quantitative estimate of drug-likeness (QED) is 0.172. The van der Waals surface area contributed by atoms with E-state index in [4.69, 9.17) is 4.43 Å².